The minimum Gasteiger partial charge on any atom is -0.508 e. The van der Waals surface area contributed by atoms with Crippen LogP contribution in [0, 0.1) is 6.92 Å². The molecule has 1 atom stereocenters. The maximum atomic E-state index is 13.5. The Balaban J connectivity index is 1.75. The molecule has 0 radical (unpaired) electrons. The second-order valence-electron chi connectivity index (χ2n) is 7.59. The largest absolute Gasteiger partial charge is 0.508 e. The topological polar surface area (TPSA) is 70.8 Å². The van der Waals surface area contributed by atoms with Gasteiger partial charge in [-0.1, -0.05) is 54.1 Å². The van der Waals surface area contributed by atoms with Crippen molar-refractivity contribution in [2.75, 3.05) is 0 Å². The number of nitrogens with zero attached hydrogens (tertiary/aromatic N) is 1. The number of benzene rings is 3. The second-order valence-corrected chi connectivity index (χ2v) is 7.59. The maximum Gasteiger partial charge on any atom is 0.291 e. The molecule has 0 bridgehead atoms. The third-order valence-electron chi connectivity index (χ3n) is 5.50. The van der Waals surface area contributed by atoms with E-state index in [0.717, 1.165) is 11.1 Å². The van der Waals surface area contributed by atoms with Crippen LogP contribution >= 0.6 is 0 Å². The van der Waals surface area contributed by atoms with Crippen LogP contribution in [0.2, 0.25) is 0 Å². The molecule has 148 valence electrons. The number of aromatic hydroxyl groups is 1. The molecule has 0 aliphatic carbocycles. The lowest BCUT2D eigenvalue weighted by Crippen LogP contribution is -2.29. The molecule has 2 heterocycles. The van der Waals surface area contributed by atoms with Gasteiger partial charge in [0.05, 0.1) is 17.0 Å². The lowest BCUT2D eigenvalue weighted by atomic mass is 9.97. The lowest BCUT2D eigenvalue weighted by Gasteiger charge is -2.25. The molecule has 5 nitrogen and oxygen atoms in total. The van der Waals surface area contributed by atoms with Crippen LogP contribution < -0.4 is 5.43 Å². The van der Waals surface area contributed by atoms with Gasteiger partial charge in [0.15, 0.2) is 5.43 Å². The molecule has 1 N–H and O–H groups in total. The summed E-state index contributed by atoms with van der Waals surface area (Å²) in [5.41, 5.74) is 3.05. The number of phenolic OH excluding ortho intramolecular Hbond substituents is 1. The Morgan fingerprint density at radius 1 is 0.967 bits per heavy atom. The first kappa shape index (κ1) is 18.2. The van der Waals surface area contributed by atoms with Gasteiger partial charge in [-0.05, 0) is 42.3 Å². The number of fused-ring (bicyclic) bond motifs is 2. The summed E-state index contributed by atoms with van der Waals surface area (Å²) >= 11 is 0. The van der Waals surface area contributed by atoms with Gasteiger partial charge in [0.2, 0.25) is 5.76 Å². The Labute approximate surface area is 172 Å². The molecule has 1 unspecified atom stereocenters. The molecule has 0 saturated carbocycles. The first-order valence-electron chi connectivity index (χ1n) is 9.74. The molecule has 4 aromatic rings. The second kappa shape index (κ2) is 6.88. The number of hydrogen-bond acceptors (Lipinski definition) is 4. The Morgan fingerprint density at radius 2 is 1.77 bits per heavy atom. The number of hydrogen-bond donors (Lipinski definition) is 1. The first-order valence-corrected chi connectivity index (χ1v) is 9.74. The van der Waals surface area contributed by atoms with Crippen molar-refractivity contribution < 1.29 is 14.3 Å². The molecule has 1 aliphatic heterocycles. The molecule has 3 aromatic carbocycles. The quantitative estimate of drug-likeness (QED) is 0.550. The minimum atomic E-state index is -0.638. The van der Waals surface area contributed by atoms with Crippen molar-refractivity contribution in [3.8, 4) is 5.75 Å². The SMILES string of the molecule is Cc1ccc2oc3c(c(=O)c2c1)C(c1cccc(O)c1)N(Cc1ccccc1)C3=O. The van der Waals surface area contributed by atoms with E-state index < -0.39 is 6.04 Å². The van der Waals surface area contributed by atoms with Crippen molar-refractivity contribution in [3.05, 3.63) is 111 Å². The Kier molecular flexibility index (Phi) is 4.17. The monoisotopic (exact) mass is 397 g/mol. The maximum absolute atomic E-state index is 13.5. The van der Waals surface area contributed by atoms with Crippen molar-refractivity contribution in [1.29, 1.82) is 0 Å². The summed E-state index contributed by atoms with van der Waals surface area (Å²) in [7, 11) is 0. The van der Waals surface area contributed by atoms with Crippen LogP contribution in [0.1, 0.15) is 38.9 Å². The molecular formula is C25H19NO4. The molecule has 0 spiro atoms. The van der Waals surface area contributed by atoms with Crippen molar-refractivity contribution in [2.45, 2.75) is 19.5 Å². The molecule has 30 heavy (non-hydrogen) atoms. The van der Waals surface area contributed by atoms with E-state index in [1.54, 1.807) is 35.2 Å². The van der Waals surface area contributed by atoms with Crippen LogP contribution in [0.5, 0.6) is 5.75 Å². The van der Waals surface area contributed by atoms with Crippen LogP contribution in [-0.2, 0) is 6.54 Å². The van der Waals surface area contributed by atoms with Crippen molar-refractivity contribution >= 4 is 16.9 Å². The van der Waals surface area contributed by atoms with E-state index in [1.807, 2.05) is 49.4 Å². The number of phenols is 1. The van der Waals surface area contributed by atoms with Gasteiger partial charge in [0.1, 0.15) is 11.3 Å². The van der Waals surface area contributed by atoms with Crippen molar-refractivity contribution in [3.63, 3.8) is 0 Å². The molecule has 1 aromatic heterocycles. The summed E-state index contributed by atoms with van der Waals surface area (Å²) in [6.07, 6.45) is 0. The average Bonchev–Trinajstić information content (AvgIpc) is 3.02. The van der Waals surface area contributed by atoms with Crippen molar-refractivity contribution in [2.24, 2.45) is 0 Å². The molecule has 5 rings (SSSR count). The highest BCUT2D eigenvalue weighted by Crippen LogP contribution is 2.39. The summed E-state index contributed by atoms with van der Waals surface area (Å²) < 4.78 is 5.95. The zero-order chi connectivity index (χ0) is 20.8. The van der Waals surface area contributed by atoms with E-state index in [9.17, 15) is 14.7 Å². The Bertz CT molecular complexity index is 1340. The summed E-state index contributed by atoms with van der Waals surface area (Å²) in [5, 5.41) is 10.5. The van der Waals surface area contributed by atoms with Gasteiger partial charge in [-0.2, -0.15) is 0 Å². The van der Waals surface area contributed by atoms with Crippen LogP contribution in [0.15, 0.2) is 82.0 Å². The third-order valence-corrected chi connectivity index (χ3v) is 5.50. The zero-order valence-corrected chi connectivity index (χ0v) is 16.3. The van der Waals surface area contributed by atoms with E-state index in [1.165, 1.54) is 0 Å². The van der Waals surface area contributed by atoms with Gasteiger partial charge in [-0.25, -0.2) is 0 Å². The van der Waals surface area contributed by atoms with Gasteiger partial charge in [-0.15, -0.1) is 0 Å². The first-order chi connectivity index (χ1) is 14.5. The molecule has 1 amide bonds. The molecule has 1 aliphatic rings. The molecular weight excluding hydrogens is 378 g/mol. The Hall–Kier alpha value is -3.86. The van der Waals surface area contributed by atoms with E-state index >= 15 is 0 Å². The molecule has 0 saturated heterocycles. The fraction of sp³-hybridized carbons (Fsp3) is 0.120. The van der Waals surface area contributed by atoms with Crippen molar-refractivity contribution in [1.82, 2.24) is 4.90 Å². The summed E-state index contributed by atoms with van der Waals surface area (Å²) in [4.78, 5) is 28.5. The number of carbonyl (C=O) groups excluding carboxylic acids is 1. The summed E-state index contributed by atoms with van der Waals surface area (Å²) in [5.74, 6) is -0.184. The number of aryl methyl sites for hydroxylation is 1. The lowest BCUT2D eigenvalue weighted by molar-refractivity contribution is 0.0714. The molecule has 5 heteroatoms. The number of carbonyl (C=O) groups is 1. The summed E-state index contributed by atoms with van der Waals surface area (Å²) in [6.45, 7) is 2.23. The average molecular weight is 397 g/mol. The predicted molar refractivity (Wildman–Crippen MR) is 113 cm³/mol. The van der Waals surface area contributed by atoms with Gasteiger partial charge in [0.25, 0.3) is 5.91 Å². The number of rotatable bonds is 3. The van der Waals surface area contributed by atoms with E-state index in [2.05, 4.69) is 0 Å². The molecule has 0 fully saturated rings. The van der Waals surface area contributed by atoms with Crippen LogP contribution in [-0.4, -0.2) is 15.9 Å². The van der Waals surface area contributed by atoms with Gasteiger partial charge < -0.3 is 14.4 Å². The third kappa shape index (κ3) is 2.87. The number of amides is 1. The highest BCUT2D eigenvalue weighted by molar-refractivity contribution is 5.99. The Morgan fingerprint density at radius 3 is 2.53 bits per heavy atom. The predicted octanol–water partition coefficient (Wildman–Crippen LogP) is 4.55. The van der Waals surface area contributed by atoms with E-state index in [4.69, 9.17) is 4.42 Å². The highest BCUT2D eigenvalue weighted by atomic mass is 16.3. The van der Waals surface area contributed by atoms with E-state index in [-0.39, 0.29) is 22.8 Å². The van der Waals surface area contributed by atoms with E-state index in [0.29, 0.717) is 28.6 Å². The smallest absolute Gasteiger partial charge is 0.291 e. The zero-order valence-electron chi connectivity index (χ0n) is 16.3. The fourth-order valence-electron chi connectivity index (χ4n) is 4.12. The van der Waals surface area contributed by atoms with Gasteiger partial charge >= 0.3 is 0 Å². The van der Waals surface area contributed by atoms with Crippen LogP contribution in [0.25, 0.3) is 11.0 Å². The van der Waals surface area contributed by atoms with Crippen LogP contribution in [0.3, 0.4) is 0 Å². The van der Waals surface area contributed by atoms with Gasteiger partial charge in [0, 0.05) is 6.54 Å². The minimum absolute atomic E-state index is 0.0700. The van der Waals surface area contributed by atoms with Crippen LogP contribution in [0.4, 0.5) is 0 Å². The standard InChI is InChI=1S/C25H19NO4/c1-15-10-11-20-19(12-15)23(28)21-22(17-8-5-9-18(27)13-17)26(25(29)24(21)30-20)14-16-6-3-2-4-7-16/h2-13,22,27H,14H2,1H3. The fourth-order valence-corrected chi connectivity index (χ4v) is 4.12. The summed E-state index contributed by atoms with van der Waals surface area (Å²) in [6, 6.07) is 21.0. The highest BCUT2D eigenvalue weighted by Gasteiger charge is 2.42. The normalized spacial score (nSPS) is 15.6. The van der Waals surface area contributed by atoms with Gasteiger partial charge in [-0.3, -0.25) is 9.59 Å².